The molecule has 4 aromatic rings. The van der Waals surface area contributed by atoms with Crippen molar-refractivity contribution < 1.29 is 22.4 Å². The summed E-state index contributed by atoms with van der Waals surface area (Å²) in [6, 6.07) is 8.43. The number of nitrogens with zero attached hydrogens (tertiary/aromatic N) is 6. The predicted octanol–water partition coefficient (Wildman–Crippen LogP) is 4.44. The summed E-state index contributed by atoms with van der Waals surface area (Å²) in [6.07, 6.45) is -3.57. The van der Waals surface area contributed by atoms with E-state index in [-0.39, 0.29) is 22.9 Å². The van der Waals surface area contributed by atoms with Gasteiger partial charge >= 0.3 is 6.18 Å². The van der Waals surface area contributed by atoms with Gasteiger partial charge in [0.2, 0.25) is 11.8 Å². The minimum atomic E-state index is -4.65. The van der Waals surface area contributed by atoms with E-state index in [9.17, 15) is 18.0 Å². The van der Waals surface area contributed by atoms with Crippen LogP contribution in [0.5, 0.6) is 0 Å². The van der Waals surface area contributed by atoms with Gasteiger partial charge in [-0.1, -0.05) is 20.8 Å². The summed E-state index contributed by atoms with van der Waals surface area (Å²) in [5.41, 5.74) is 1.77. The molecule has 0 bridgehead atoms. The van der Waals surface area contributed by atoms with Crippen LogP contribution in [0.2, 0.25) is 0 Å². The Bertz CT molecular complexity index is 1400. The first-order valence-electron chi connectivity index (χ1n) is 11.3. The number of hydrogen-bond donors (Lipinski definition) is 1. The first kappa shape index (κ1) is 23.1. The predicted molar refractivity (Wildman–Crippen MR) is 122 cm³/mol. The van der Waals surface area contributed by atoms with Crippen molar-refractivity contribution in [1.82, 2.24) is 24.8 Å². The van der Waals surface area contributed by atoms with Crippen molar-refractivity contribution in [3.05, 3.63) is 42.0 Å². The van der Waals surface area contributed by atoms with Crippen LogP contribution in [0.3, 0.4) is 0 Å². The maximum atomic E-state index is 13.2. The largest absolute Gasteiger partial charge is 0.453 e. The van der Waals surface area contributed by atoms with E-state index < -0.39 is 12.0 Å². The number of oxazole rings is 1. The van der Waals surface area contributed by atoms with Crippen molar-refractivity contribution in [2.75, 3.05) is 23.3 Å². The zero-order valence-corrected chi connectivity index (χ0v) is 19.4. The van der Waals surface area contributed by atoms with Crippen molar-refractivity contribution in [2.45, 2.75) is 45.2 Å². The highest BCUT2D eigenvalue weighted by Crippen LogP contribution is 2.30. The molecule has 35 heavy (non-hydrogen) atoms. The van der Waals surface area contributed by atoms with Gasteiger partial charge in [0.1, 0.15) is 11.3 Å². The van der Waals surface area contributed by atoms with E-state index in [4.69, 9.17) is 4.42 Å². The Morgan fingerprint density at radius 1 is 1.09 bits per heavy atom. The minimum Gasteiger partial charge on any atom is -0.440 e. The third-order valence-electron chi connectivity index (χ3n) is 5.99. The van der Waals surface area contributed by atoms with Gasteiger partial charge in [0.15, 0.2) is 11.2 Å². The lowest BCUT2D eigenvalue weighted by Crippen LogP contribution is -2.38. The zero-order chi connectivity index (χ0) is 25.0. The van der Waals surface area contributed by atoms with Crippen LogP contribution in [-0.4, -0.2) is 43.8 Å². The van der Waals surface area contributed by atoms with Crippen molar-refractivity contribution in [3.63, 3.8) is 0 Å². The lowest BCUT2D eigenvalue weighted by atomic mass is 9.96. The van der Waals surface area contributed by atoms with Gasteiger partial charge in [-0.25, -0.2) is 4.98 Å². The van der Waals surface area contributed by atoms with E-state index in [0.717, 1.165) is 0 Å². The molecule has 3 aromatic heterocycles. The number of hydrogen-bond acceptors (Lipinski definition) is 7. The first-order valence-corrected chi connectivity index (χ1v) is 11.3. The molecule has 0 spiro atoms. The van der Waals surface area contributed by atoms with Gasteiger partial charge in [-0.05, 0) is 43.2 Å². The van der Waals surface area contributed by atoms with Crippen molar-refractivity contribution in [1.29, 1.82) is 0 Å². The van der Waals surface area contributed by atoms with Gasteiger partial charge < -0.3 is 14.6 Å². The molecule has 0 radical (unpaired) electrons. The van der Waals surface area contributed by atoms with Crippen molar-refractivity contribution in [2.24, 2.45) is 5.92 Å². The molecule has 1 aliphatic rings. The van der Waals surface area contributed by atoms with E-state index in [1.54, 1.807) is 24.3 Å². The number of piperidine rings is 1. The SMILES string of the molecule is CC(C)(C)c1nc2cc(NC(=O)C3CCN(c4ccc5nnc(C(F)(F)F)n5n4)CC3)ccc2o1. The number of rotatable bonds is 3. The number of nitrogens with one attached hydrogen (secondary N) is 1. The van der Waals surface area contributed by atoms with E-state index >= 15 is 0 Å². The number of benzene rings is 1. The topological polar surface area (TPSA) is 101 Å². The van der Waals surface area contributed by atoms with E-state index in [1.165, 1.54) is 6.07 Å². The third kappa shape index (κ3) is 4.52. The molecule has 1 N–H and O–H groups in total. The fourth-order valence-electron chi connectivity index (χ4n) is 4.07. The van der Waals surface area contributed by atoms with Gasteiger partial charge in [-0.3, -0.25) is 4.79 Å². The fraction of sp³-hybridized carbons (Fsp3) is 0.435. The number of halogens is 3. The lowest BCUT2D eigenvalue weighted by molar-refractivity contribution is -0.146. The second-order valence-corrected chi connectivity index (χ2v) is 9.68. The Balaban J connectivity index is 1.24. The average Bonchev–Trinajstić information content (AvgIpc) is 3.42. The summed E-state index contributed by atoms with van der Waals surface area (Å²) < 4.78 is 46.0. The molecule has 1 amide bonds. The summed E-state index contributed by atoms with van der Waals surface area (Å²) in [4.78, 5) is 19.3. The highest BCUT2D eigenvalue weighted by atomic mass is 19.4. The molecule has 9 nitrogen and oxygen atoms in total. The molecule has 0 saturated carbocycles. The fourth-order valence-corrected chi connectivity index (χ4v) is 4.07. The molecule has 1 aliphatic heterocycles. The van der Waals surface area contributed by atoms with Gasteiger partial charge in [0.05, 0.1) is 0 Å². The molecule has 4 heterocycles. The second-order valence-electron chi connectivity index (χ2n) is 9.68. The van der Waals surface area contributed by atoms with Crippen LogP contribution >= 0.6 is 0 Å². The number of carbonyl (C=O) groups is 1. The van der Waals surface area contributed by atoms with Crippen LogP contribution in [0.4, 0.5) is 24.7 Å². The highest BCUT2D eigenvalue weighted by Gasteiger charge is 2.38. The normalized spacial score (nSPS) is 15.8. The van der Waals surface area contributed by atoms with Gasteiger partial charge in [0, 0.05) is 30.1 Å². The highest BCUT2D eigenvalue weighted by molar-refractivity contribution is 5.94. The maximum Gasteiger partial charge on any atom is 0.453 e. The van der Waals surface area contributed by atoms with Gasteiger partial charge in [0.25, 0.3) is 5.82 Å². The number of anilines is 2. The van der Waals surface area contributed by atoms with Gasteiger partial charge in [-0.15, -0.1) is 15.3 Å². The molecule has 0 unspecified atom stereocenters. The monoisotopic (exact) mass is 487 g/mol. The number of fused-ring (bicyclic) bond motifs is 2. The van der Waals surface area contributed by atoms with Crippen molar-refractivity contribution >= 4 is 34.2 Å². The molecule has 5 rings (SSSR count). The van der Waals surface area contributed by atoms with Crippen LogP contribution in [0.1, 0.15) is 45.3 Å². The van der Waals surface area contributed by atoms with Crippen LogP contribution < -0.4 is 10.2 Å². The Morgan fingerprint density at radius 3 is 2.51 bits per heavy atom. The molecule has 0 aliphatic carbocycles. The number of alkyl halides is 3. The average molecular weight is 487 g/mol. The summed E-state index contributed by atoms with van der Waals surface area (Å²) >= 11 is 0. The molecule has 0 atom stereocenters. The lowest BCUT2D eigenvalue weighted by Gasteiger charge is -2.32. The van der Waals surface area contributed by atoms with Crippen LogP contribution in [0.15, 0.2) is 34.7 Å². The number of carbonyl (C=O) groups excluding carboxylic acids is 1. The van der Waals surface area contributed by atoms with E-state index in [1.807, 2.05) is 25.7 Å². The van der Waals surface area contributed by atoms with Crippen molar-refractivity contribution in [3.8, 4) is 0 Å². The molecule has 1 fully saturated rings. The Morgan fingerprint density at radius 2 is 1.83 bits per heavy atom. The molecule has 1 aromatic carbocycles. The van der Waals surface area contributed by atoms with Crippen LogP contribution in [0, 0.1) is 5.92 Å². The molecule has 1 saturated heterocycles. The first-order chi connectivity index (χ1) is 16.5. The Kier molecular flexibility index (Phi) is 5.41. The standard InChI is InChI=1S/C23H24F3N7O2/c1-22(2,3)21-28-15-12-14(4-5-16(15)35-21)27-19(34)13-8-10-32(11-9-13)18-7-6-17-29-30-20(23(24,25)26)33(17)31-18/h4-7,12-13H,8-11H2,1-3H3,(H,27,34). The molecular formula is C23H24F3N7O2. The Labute approximate surface area is 198 Å². The molecular weight excluding hydrogens is 463 g/mol. The second kappa shape index (κ2) is 8.21. The summed E-state index contributed by atoms with van der Waals surface area (Å²) in [5, 5.41) is 13.8. The quantitative estimate of drug-likeness (QED) is 0.456. The summed E-state index contributed by atoms with van der Waals surface area (Å²) in [6.45, 7) is 7.01. The smallest absolute Gasteiger partial charge is 0.440 e. The number of aromatic nitrogens is 5. The number of amides is 1. The van der Waals surface area contributed by atoms with Gasteiger partial charge in [-0.2, -0.15) is 17.7 Å². The summed E-state index contributed by atoms with van der Waals surface area (Å²) in [5.74, 6) is -0.488. The maximum absolute atomic E-state index is 13.2. The van der Waals surface area contributed by atoms with E-state index in [2.05, 4.69) is 25.6 Å². The van der Waals surface area contributed by atoms with E-state index in [0.29, 0.717) is 58.9 Å². The zero-order valence-electron chi connectivity index (χ0n) is 19.4. The van der Waals surface area contributed by atoms with Crippen LogP contribution in [-0.2, 0) is 16.4 Å². The Hall–Kier alpha value is -3.70. The molecule has 184 valence electrons. The molecule has 12 heteroatoms. The van der Waals surface area contributed by atoms with Crippen LogP contribution in [0.25, 0.3) is 16.7 Å². The third-order valence-corrected chi connectivity index (χ3v) is 5.99. The minimum absolute atomic E-state index is 0.0223. The summed E-state index contributed by atoms with van der Waals surface area (Å²) in [7, 11) is 0.